The van der Waals surface area contributed by atoms with Gasteiger partial charge in [-0.2, -0.15) is 0 Å². The van der Waals surface area contributed by atoms with Crippen LogP contribution in [0.25, 0.3) is 10.4 Å². The minimum Gasteiger partial charge on any atom is -0.366 e. The first-order valence-electron chi connectivity index (χ1n) is 5.21. The van der Waals surface area contributed by atoms with Gasteiger partial charge in [0.05, 0.1) is 22.1 Å². The molecule has 1 aromatic heterocycles. The number of aryl methyl sites for hydroxylation is 1. The van der Waals surface area contributed by atoms with E-state index in [2.05, 4.69) is 4.98 Å². The van der Waals surface area contributed by atoms with E-state index in [1.165, 1.54) is 0 Å². The summed E-state index contributed by atoms with van der Waals surface area (Å²) < 4.78 is 0. The predicted octanol–water partition coefficient (Wildman–Crippen LogP) is 1.43. The standard InChI is InChI=1S/C12H14N2O2S/c1-7-11(17-6-14-7)9-4-2-8(3-5-9)10(13)12(15)16/h2-6,10,12,15-16H,13H2,1H3/t10-/m1/s1. The molecule has 0 radical (unpaired) electrons. The molecule has 0 amide bonds. The van der Waals surface area contributed by atoms with Gasteiger partial charge in [0.25, 0.3) is 0 Å². The van der Waals surface area contributed by atoms with Crippen LogP contribution >= 0.6 is 11.3 Å². The summed E-state index contributed by atoms with van der Waals surface area (Å²) in [6.45, 7) is 1.96. The van der Waals surface area contributed by atoms with E-state index in [9.17, 15) is 0 Å². The van der Waals surface area contributed by atoms with Gasteiger partial charge in [0, 0.05) is 0 Å². The molecule has 2 rings (SSSR count). The SMILES string of the molecule is Cc1ncsc1-c1ccc([C@@H](N)C(O)O)cc1. The number of benzene rings is 1. The first-order chi connectivity index (χ1) is 8.09. The maximum Gasteiger partial charge on any atom is 0.171 e. The molecule has 0 spiro atoms. The van der Waals surface area contributed by atoms with Crippen molar-refractivity contribution in [3.8, 4) is 10.4 Å². The minimum absolute atomic E-state index is 0.700. The highest BCUT2D eigenvalue weighted by Crippen LogP contribution is 2.28. The van der Waals surface area contributed by atoms with Gasteiger partial charge in [0.2, 0.25) is 0 Å². The van der Waals surface area contributed by atoms with Crippen molar-refractivity contribution >= 4 is 11.3 Å². The van der Waals surface area contributed by atoms with Gasteiger partial charge in [-0.05, 0) is 18.1 Å². The van der Waals surface area contributed by atoms with Crippen molar-refractivity contribution in [3.05, 3.63) is 41.0 Å². The van der Waals surface area contributed by atoms with E-state index < -0.39 is 12.3 Å². The van der Waals surface area contributed by atoms with E-state index in [4.69, 9.17) is 15.9 Å². The third-order valence-corrected chi connectivity index (χ3v) is 3.60. The van der Waals surface area contributed by atoms with E-state index in [1.807, 2.05) is 24.6 Å². The summed E-state index contributed by atoms with van der Waals surface area (Å²) in [5, 5.41) is 18.0. The summed E-state index contributed by atoms with van der Waals surface area (Å²) in [5.41, 5.74) is 10.2. The molecule has 1 aromatic carbocycles. The molecule has 4 N–H and O–H groups in total. The molecule has 4 nitrogen and oxygen atoms in total. The molecule has 1 atom stereocenters. The summed E-state index contributed by atoms with van der Waals surface area (Å²) in [5.74, 6) is 0. The molecule has 0 bridgehead atoms. The molecule has 0 unspecified atom stereocenters. The number of hydrogen-bond donors (Lipinski definition) is 3. The van der Waals surface area contributed by atoms with Gasteiger partial charge in [0.15, 0.2) is 6.29 Å². The summed E-state index contributed by atoms with van der Waals surface area (Å²) in [7, 11) is 0. The summed E-state index contributed by atoms with van der Waals surface area (Å²) in [6, 6.07) is 6.67. The Morgan fingerprint density at radius 1 is 1.24 bits per heavy atom. The van der Waals surface area contributed by atoms with Gasteiger partial charge in [-0.1, -0.05) is 24.3 Å². The lowest BCUT2D eigenvalue weighted by Crippen LogP contribution is -2.25. The van der Waals surface area contributed by atoms with Gasteiger partial charge in [0.1, 0.15) is 0 Å². The number of nitrogens with two attached hydrogens (primary N) is 1. The molecule has 0 fully saturated rings. The molecule has 90 valence electrons. The number of thiazole rings is 1. The van der Waals surface area contributed by atoms with E-state index in [1.54, 1.807) is 23.5 Å². The van der Waals surface area contributed by atoms with Crippen LogP contribution in [-0.2, 0) is 0 Å². The highest BCUT2D eigenvalue weighted by molar-refractivity contribution is 7.13. The zero-order chi connectivity index (χ0) is 12.4. The van der Waals surface area contributed by atoms with Crippen LogP contribution in [0.15, 0.2) is 29.8 Å². The third kappa shape index (κ3) is 2.53. The molecule has 5 heteroatoms. The molecule has 2 aromatic rings. The molecule has 17 heavy (non-hydrogen) atoms. The lowest BCUT2D eigenvalue weighted by Gasteiger charge is -2.14. The highest BCUT2D eigenvalue weighted by Gasteiger charge is 2.13. The van der Waals surface area contributed by atoms with Crippen LogP contribution in [0.1, 0.15) is 17.3 Å². The van der Waals surface area contributed by atoms with Crippen molar-refractivity contribution in [2.24, 2.45) is 5.73 Å². The first kappa shape index (κ1) is 12.2. The second kappa shape index (κ2) is 4.93. The number of rotatable bonds is 3. The summed E-state index contributed by atoms with van der Waals surface area (Å²) in [4.78, 5) is 5.31. The lowest BCUT2D eigenvalue weighted by molar-refractivity contribution is -0.0589. The number of hydrogen-bond acceptors (Lipinski definition) is 5. The number of aromatic nitrogens is 1. The maximum atomic E-state index is 8.99. The van der Waals surface area contributed by atoms with E-state index in [-0.39, 0.29) is 0 Å². The fourth-order valence-electron chi connectivity index (χ4n) is 1.61. The fourth-order valence-corrected chi connectivity index (χ4v) is 2.42. The zero-order valence-corrected chi connectivity index (χ0v) is 10.2. The second-order valence-electron chi connectivity index (χ2n) is 3.83. The first-order valence-corrected chi connectivity index (χ1v) is 6.09. The summed E-state index contributed by atoms with van der Waals surface area (Å²) in [6.07, 6.45) is -1.54. The topological polar surface area (TPSA) is 79.4 Å². The Morgan fingerprint density at radius 2 is 1.88 bits per heavy atom. The van der Waals surface area contributed by atoms with Crippen LogP contribution in [0.4, 0.5) is 0 Å². The van der Waals surface area contributed by atoms with Crippen molar-refractivity contribution in [1.82, 2.24) is 4.98 Å². The average Bonchev–Trinajstić information content (AvgIpc) is 2.74. The van der Waals surface area contributed by atoms with Gasteiger partial charge in [-0.15, -0.1) is 11.3 Å². The van der Waals surface area contributed by atoms with Crippen molar-refractivity contribution in [3.63, 3.8) is 0 Å². The molecule has 0 aliphatic rings. The van der Waals surface area contributed by atoms with Gasteiger partial charge < -0.3 is 15.9 Å². The Hall–Kier alpha value is -1.27. The zero-order valence-electron chi connectivity index (χ0n) is 9.37. The van der Waals surface area contributed by atoms with Gasteiger partial charge in [-0.25, -0.2) is 4.98 Å². The minimum atomic E-state index is -1.54. The highest BCUT2D eigenvalue weighted by atomic mass is 32.1. The van der Waals surface area contributed by atoms with Crippen molar-refractivity contribution in [2.75, 3.05) is 0 Å². The molecule has 0 saturated heterocycles. The van der Waals surface area contributed by atoms with Crippen LogP contribution in [0.5, 0.6) is 0 Å². The van der Waals surface area contributed by atoms with E-state index >= 15 is 0 Å². The molecular weight excluding hydrogens is 236 g/mol. The van der Waals surface area contributed by atoms with Crippen LogP contribution in [0.3, 0.4) is 0 Å². The number of aliphatic hydroxyl groups excluding tert-OH is 1. The molecule has 1 heterocycles. The predicted molar refractivity (Wildman–Crippen MR) is 67.4 cm³/mol. The molecule has 0 aliphatic carbocycles. The second-order valence-corrected chi connectivity index (χ2v) is 4.68. The Balaban J connectivity index is 2.28. The largest absolute Gasteiger partial charge is 0.366 e. The third-order valence-electron chi connectivity index (χ3n) is 2.62. The maximum absolute atomic E-state index is 8.99. The van der Waals surface area contributed by atoms with Crippen LogP contribution in [0.2, 0.25) is 0 Å². The van der Waals surface area contributed by atoms with Crippen LogP contribution < -0.4 is 5.73 Å². The smallest absolute Gasteiger partial charge is 0.171 e. The lowest BCUT2D eigenvalue weighted by atomic mass is 10.0. The van der Waals surface area contributed by atoms with E-state index in [0.717, 1.165) is 16.1 Å². The Kier molecular flexibility index (Phi) is 3.54. The van der Waals surface area contributed by atoms with E-state index in [0.29, 0.717) is 5.56 Å². The van der Waals surface area contributed by atoms with Crippen molar-refractivity contribution in [1.29, 1.82) is 0 Å². The van der Waals surface area contributed by atoms with Gasteiger partial charge >= 0.3 is 0 Å². The molecular formula is C12H14N2O2S. The van der Waals surface area contributed by atoms with Gasteiger partial charge in [-0.3, -0.25) is 0 Å². The Labute approximate surface area is 103 Å². The Morgan fingerprint density at radius 3 is 2.35 bits per heavy atom. The van der Waals surface area contributed by atoms with Crippen molar-refractivity contribution in [2.45, 2.75) is 19.3 Å². The fraction of sp³-hybridized carbons (Fsp3) is 0.250. The normalized spacial score (nSPS) is 13.0. The van der Waals surface area contributed by atoms with Crippen LogP contribution in [-0.4, -0.2) is 21.5 Å². The Bertz CT molecular complexity index is 493. The molecule has 0 saturated carbocycles. The molecule has 0 aliphatic heterocycles. The van der Waals surface area contributed by atoms with Crippen molar-refractivity contribution < 1.29 is 10.2 Å². The number of aliphatic hydroxyl groups is 2. The number of nitrogens with zero attached hydrogens (tertiary/aromatic N) is 1. The quantitative estimate of drug-likeness (QED) is 0.720. The summed E-state index contributed by atoms with van der Waals surface area (Å²) >= 11 is 1.58. The monoisotopic (exact) mass is 250 g/mol. The average molecular weight is 250 g/mol. The van der Waals surface area contributed by atoms with Crippen LogP contribution in [0, 0.1) is 6.92 Å².